The van der Waals surface area contributed by atoms with Crippen molar-refractivity contribution in [1.82, 2.24) is 10.6 Å². The van der Waals surface area contributed by atoms with Crippen molar-refractivity contribution in [3.05, 3.63) is 65.7 Å². The molecule has 2 aromatic rings. The minimum Gasteiger partial charge on any atom is -0.497 e. The van der Waals surface area contributed by atoms with Crippen LogP contribution in [0.25, 0.3) is 0 Å². The Balaban J connectivity index is 2.01. The molecule has 0 saturated heterocycles. The second-order valence-electron chi connectivity index (χ2n) is 5.69. The lowest BCUT2D eigenvalue weighted by Crippen LogP contribution is -2.48. The number of rotatable bonds is 8. The van der Waals surface area contributed by atoms with E-state index in [2.05, 4.69) is 10.6 Å². The van der Waals surface area contributed by atoms with Gasteiger partial charge in [0, 0.05) is 6.42 Å². The maximum absolute atomic E-state index is 12.3. The minimum absolute atomic E-state index is 0.0956. The molecule has 2 N–H and O–H groups in total. The lowest BCUT2D eigenvalue weighted by atomic mass is 10.0. The van der Waals surface area contributed by atoms with Crippen molar-refractivity contribution < 1.29 is 19.1 Å². The molecular formula is C20H21N3O4. The van der Waals surface area contributed by atoms with Crippen LogP contribution in [0.2, 0.25) is 0 Å². The second-order valence-corrected chi connectivity index (χ2v) is 5.69. The summed E-state index contributed by atoms with van der Waals surface area (Å²) in [5.41, 5.74) is 1.64. The number of alkyl carbamates (subject to hydrolysis) is 1. The van der Waals surface area contributed by atoms with E-state index in [4.69, 9.17) is 14.7 Å². The standard InChI is InChI=1S/C20H21N3O4/c1-26-17-9-5-8-16(12-17)13-18(19(24)22-11-10-21)23-20(25)27-14-15-6-3-2-4-7-15/h2-9,12,18H,11,13-14H2,1H3,(H,22,24)(H,23,25). The van der Waals surface area contributed by atoms with E-state index in [-0.39, 0.29) is 19.6 Å². The Morgan fingerprint density at radius 2 is 1.85 bits per heavy atom. The number of hydrogen-bond donors (Lipinski definition) is 2. The Hall–Kier alpha value is -3.53. The number of nitriles is 1. The molecule has 0 spiro atoms. The molecule has 0 bridgehead atoms. The highest BCUT2D eigenvalue weighted by Crippen LogP contribution is 2.14. The van der Waals surface area contributed by atoms with Gasteiger partial charge in [-0.1, -0.05) is 42.5 Å². The number of methoxy groups -OCH3 is 1. The topological polar surface area (TPSA) is 100 Å². The third-order valence-electron chi connectivity index (χ3n) is 3.74. The Labute approximate surface area is 157 Å². The minimum atomic E-state index is -0.881. The number of carbonyl (C=O) groups excluding carboxylic acids is 2. The molecule has 1 atom stereocenters. The van der Waals surface area contributed by atoms with E-state index in [1.807, 2.05) is 42.5 Å². The zero-order valence-electron chi connectivity index (χ0n) is 15.0. The number of hydrogen-bond acceptors (Lipinski definition) is 5. The van der Waals surface area contributed by atoms with Crippen molar-refractivity contribution in [2.24, 2.45) is 0 Å². The zero-order valence-corrected chi connectivity index (χ0v) is 15.0. The first kappa shape index (κ1) is 19.8. The number of carbonyl (C=O) groups is 2. The fourth-order valence-electron chi connectivity index (χ4n) is 2.40. The lowest BCUT2D eigenvalue weighted by molar-refractivity contribution is -0.122. The van der Waals surface area contributed by atoms with Gasteiger partial charge in [0.2, 0.25) is 5.91 Å². The fraction of sp³-hybridized carbons (Fsp3) is 0.250. The summed E-state index contributed by atoms with van der Waals surface area (Å²) in [5, 5.41) is 13.7. The third kappa shape index (κ3) is 6.71. The monoisotopic (exact) mass is 367 g/mol. The molecule has 0 saturated carbocycles. The molecule has 0 radical (unpaired) electrons. The van der Waals surface area contributed by atoms with Crippen molar-refractivity contribution in [3.63, 3.8) is 0 Å². The Morgan fingerprint density at radius 3 is 2.56 bits per heavy atom. The van der Waals surface area contributed by atoms with Crippen LogP contribution in [0.4, 0.5) is 4.79 Å². The predicted molar refractivity (Wildman–Crippen MR) is 98.9 cm³/mol. The fourth-order valence-corrected chi connectivity index (χ4v) is 2.40. The molecular weight excluding hydrogens is 346 g/mol. The van der Waals surface area contributed by atoms with Gasteiger partial charge in [-0.25, -0.2) is 4.79 Å². The van der Waals surface area contributed by atoms with Crippen LogP contribution in [0, 0.1) is 11.3 Å². The van der Waals surface area contributed by atoms with Crippen LogP contribution in [0.15, 0.2) is 54.6 Å². The van der Waals surface area contributed by atoms with E-state index >= 15 is 0 Å². The van der Waals surface area contributed by atoms with E-state index in [0.717, 1.165) is 11.1 Å². The normalized spacial score (nSPS) is 11.0. The highest BCUT2D eigenvalue weighted by atomic mass is 16.5. The number of nitrogens with one attached hydrogen (secondary N) is 2. The lowest BCUT2D eigenvalue weighted by Gasteiger charge is -2.18. The Kier molecular flexibility index (Phi) is 7.67. The first-order valence-electron chi connectivity index (χ1n) is 8.37. The quantitative estimate of drug-likeness (QED) is 0.697. The van der Waals surface area contributed by atoms with E-state index in [1.165, 1.54) is 0 Å². The zero-order chi connectivity index (χ0) is 19.5. The molecule has 2 rings (SSSR count). The highest BCUT2D eigenvalue weighted by molar-refractivity contribution is 5.86. The molecule has 27 heavy (non-hydrogen) atoms. The molecule has 1 unspecified atom stereocenters. The van der Waals surface area contributed by atoms with Crippen LogP contribution < -0.4 is 15.4 Å². The summed E-state index contributed by atoms with van der Waals surface area (Å²) < 4.78 is 10.4. The third-order valence-corrected chi connectivity index (χ3v) is 3.74. The van der Waals surface area contributed by atoms with Crippen molar-refractivity contribution in [2.45, 2.75) is 19.1 Å². The molecule has 2 aromatic carbocycles. The van der Waals surface area contributed by atoms with E-state index in [0.29, 0.717) is 5.75 Å². The van der Waals surface area contributed by atoms with Crippen LogP contribution in [0.5, 0.6) is 5.75 Å². The molecule has 0 heterocycles. The Morgan fingerprint density at radius 1 is 1.11 bits per heavy atom. The van der Waals surface area contributed by atoms with Gasteiger partial charge in [-0.15, -0.1) is 0 Å². The predicted octanol–water partition coefficient (Wildman–Crippen LogP) is 2.17. The first-order valence-corrected chi connectivity index (χ1v) is 8.37. The summed E-state index contributed by atoms with van der Waals surface area (Å²) in [6.45, 7) is -0.0491. The van der Waals surface area contributed by atoms with Crippen molar-refractivity contribution in [3.8, 4) is 11.8 Å². The van der Waals surface area contributed by atoms with Crippen molar-refractivity contribution in [2.75, 3.05) is 13.7 Å². The van der Waals surface area contributed by atoms with Gasteiger partial charge in [0.05, 0.1) is 13.2 Å². The highest BCUT2D eigenvalue weighted by Gasteiger charge is 2.22. The number of benzene rings is 2. The second kappa shape index (κ2) is 10.5. The summed E-state index contributed by atoms with van der Waals surface area (Å²) in [4.78, 5) is 24.4. The smallest absolute Gasteiger partial charge is 0.408 e. The molecule has 0 aliphatic carbocycles. The molecule has 7 nitrogen and oxygen atoms in total. The molecule has 7 heteroatoms. The van der Waals surface area contributed by atoms with Gasteiger partial charge in [0.1, 0.15) is 24.9 Å². The SMILES string of the molecule is COc1cccc(CC(NC(=O)OCc2ccccc2)C(=O)NCC#N)c1. The van der Waals surface area contributed by atoms with Crippen molar-refractivity contribution in [1.29, 1.82) is 5.26 Å². The van der Waals surface area contributed by atoms with Gasteiger partial charge in [-0.3, -0.25) is 4.79 Å². The molecule has 0 fully saturated rings. The number of ether oxygens (including phenoxy) is 2. The molecule has 0 aliphatic rings. The summed E-state index contributed by atoms with van der Waals surface area (Å²) in [6.07, 6.45) is -0.478. The summed E-state index contributed by atoms with van der Waals surface area (Å²) in [6, 6.07) is 17.4. The summed E-state index contributed by atoms with van der Waals surface area (Å²) in [5.74, 6) is 0.186. The van der Waals surface area contributed by atoms with Gasteiger partial charge in [-0.05, 0) is 23.3 Å². The molecule has 0 aliphatic heterocycles. The number of amides is 2. The molecule has 0 aromatic heterocycles. The van der Waals surface area contributed by atoms with Crippen LogP contribution in [-0.4, -0.2) is 31.7 Å². The summed E-state index contributed by atoms with van der Waals surface area (Å²) in [7, 11) is 1.55. The van der Waals surface area contributed by atoms with Gasteiger partial charge in [0.25, 0.3) is 0 Å². The van der Waals surface area contributed by atoms with Gasteiger partial charge in [-0.2, -0.15) is 5.26 Å². The van der Waals surface area contributed by atoms with Crippen LogP contribution in [0.1, 0.15) is 11.1 Å². The van der Waals surface area contributed by atoms with E-state index < -0.39 is 18.0 Å². The van der Waals surface area contributed by atoms with Crippen LogP contribution in [-0.2, 0) is 22.6 Å². The average molecular weight is 367 g/mol. The van der Waals surface area contributed by atoms with Crippen LogP contribution >= 0.6 is 0 Å². The number of nitrogens with zero attached hydrogens (tertiary/aromatic N) is 1. The molecule has 2 amide bonds. The Bertz CT molecular complexity index is 802. The van der Waals surface area contributed by atoms with E-state index in [1.54, 1.807) is 25.3 Å². The maximum atomic E-state index is 12.3. The molecule has 140 valence electrons. The van der Waals surface area contributed by atoms with Crippen molar-refractivity contribution >= 4 is 12.0 Å². The first-order chi connectivity index (χ1) is 13.1. The van der Waals surface area contributed by atoms with E-state index in [9.17, 15) is 9.59 Å². The average Bonchev–Trinajstić information content (AvgIpc) is 2.71. The van der Waals surface area contributed by atoms with Gasteiger partial charge >= 0.3 is 6.09 Å². The largest absolute Gasteiger partial charge is 0.497 e. The maximum Gasteiger partial charge on any atom is 0.408 e. The van der Waals surface area contributed by atoms with Crippen LogP contribution in [0.3, 0.4) is 0 Å². The summed E-state index contributed by atoms with van der Waals surface area (Å²) >= 11 is 0. The van der Waals surface area contributed by atoms with Gasteiger partial charge in [0.15, 0.2) is 0 Å². The van der Waals surface area contributed by atoms with Gasteiger partial charge < -0.3 is 20.1 Å².